The van der Waals surface area contributed by atoms with Gasteiger partial charge in [-0.15, -0.1) is 0 Å². The Kier molecular flexibility index (Phi) is 4.46. The zero-order chi connectivity index (χ0) is 8.85. The summed E-state index contributed by atoms with van der Waals surface area (Å²) in [5.74, 6) is 0. The van der Waals surface area contributed by atoms with Gasteiger partial charge in [-0.2, -0.15) is 0 Å². The number of hydrogen-bond acceptors (Lipinski definition) is 2. The highest BCUT2D eigenvalue weighted by molar-refractivity contribution is 6.32. The van der Waals surface area contributed by atoms with Crippen LogP contribution in [0.1, 0.15) is 13.8 Å². The summed E-state index contributed by atoms with van der Waals surface area (Å²) >= 11 is 5.61. The molecule has 0 atom stereocenters. The van der Waals surface area contributed by atoms with E-state index < -0.39 is 0 Å². The second kappa shape index (κ2) is 4.85. The van der Waals surface area contributed by atoms with Gasteiger partial charge in [0.1, 0.15) is 0 Å². The van der Waals surface area contributed by atoms with Gasteiger partial charge in [-0.3, -0.25) is 4.79 Å². The van der Waals surface area contributed by atoms with E-state index in [4.69, 9.17) is 17.0 Å². The first-order valence-electron chi connectivity index (χ1n) is 3.16. The summed E-state index contributed by atoms with van der Waals surface area (Å²) in [6, 6.07) is 0. The first kappa shape index (κ1) is 10.1. The molecule has 0 bridgehead atoms. The average Bonchev–Trinajstić information content (AvgIpc) is 1.99. The number of nitrogens with one attached hydrogen (secondary N) is 1. The maximum absolute atomic E-state index is 10.3. The maximum atomic E-state index is 10.3. The first-order chi connectivity index (χ1) is 5.11. The van der Waals surface area contributed by atoms with Gasteiger partial charge in [0.2, 0.25) is 0 Å². The standard InChI is InChI=1S/C8H10ClNO/c1-3-8(9)4-7(5-11)6(2)10/h3-5,10H,1-2H3/b7-4-,8-3+,10-6?. The molecule has 0 unspecified atom stereocenters. The molecule has 0 amide bonds. The van der Waals surface area contributed by atoms with Crippen molar-refractivity contribution in [3.8, 4) is 0 Å². The van der Waals surface area contributed by atoms with Crippen LogP contribution in [0.15, 0.2) is 22.8 Å². The molecule has 11 heavy (non-hydrogen) atoms. The fourth-order valence-corrected chi connectivity index (χ4v) is 0.580. The number of carbonyl (C=O) groups is 1. The Morgan fingerprint density at radius 1 is 1.55 bits per heavy atom. The van der Waals surface area contributed by atoms with Crippen LogP contribution in [-0.4, -0.2) is 12.0 Å². The Hall–Kier alpha value is -0.890. The monoisotopic (exact) mass is 171 g/mol. The average molecular weight is 172 g/mol. The van der Waals surface area contributed by atoms with Crippen molar-refractivity contribution in [2.75, 3.05) is 0 Å². The minimum Gasteiger partial charge on any atom is -0.305 e. The lowest BCUT2D eigenvalue weighted by atomic mass is 10.2. The Balaban J connectivity index is 4.62. The number of allylic oxidation sites excluding steroid dienone is 4. The molecule has 60 valence electrons. The third kappa shape index (κ3) is 3.73. The second-order valence-corrected chi connectivity index (χ2v) is 2.45. The van der Waals surface area contributed by atoms with E-state index in [0.29, 0.717) is 16.9 Å². The fourth-order valence-electron chi connectivity index (χ4n) is 0.463. The molecule has 3 heteroatoms. The topological polar surface area (TPSA) is 40.9 Å². The summed E-state index contributed by atoms with van der Waals surface area (Å²) in [7, 11) is 0. The highest BCUT2D eigenvalue weighted by Gasteiger charge is 1.97. The molecule has 0 fully saturated rings. The molecule has 0 radical (unpaired) electrons. The van der Waals surface area contributed by atoms with Crippen molar-refractivity contribution in [1.82, 2.24) is 0 Å². The lowest BCUT2D eigenvalue weighted by Crippen LogP contribution is -1.96. The van der Waals surface area contributed by atoms with Crippen LogP contribution in [0, 0.1) is 5.41 Å². The van der Waals surface area contributed by atoms with E-state index in [1.54, 1.807) is 19.9 Å². The molecule has 0 saturated heterocycles. The second-order valence-electron chi connectivity index (χ2n) is 2.02. The number of rotatable bonds is 3. The molecule has 0 aliphatic heterocycles. The van der Waals surface area contributed by atoms with Gasteiger partial charge in [0.15, 0.2) is 6.29 Å². The molecule has 0 heterocycles. The van der Waals surface area contributed by atoms with Crippen molar-refractivity contribution in [1.29, 1.82) is 5.41 Å². The third-order valence-corrected chi connectivity index (χ3v) is 1.46. The minimum absolute atomic E-state index is 0.222. The van der Waals surface area contributed by atoms with E-state index >= 15 is 0 Å². The smallest absolute Gasteiger partial charge is 0.151 e. The lowest BCUT2D eigenvalue weighted by Gasteiger charge is -1.93. The predicted octanol–water partition coefficient (Wildman–Crippen LogP) is 2.29. The summed E-state index contributed by atoms with van der Waals surface area (Å²) in [6.07, 6.45) is 3.75. The van der Waals surface area contributed by atoms with Crippen molar-refractivity contribution in [2.45, 2.75) is 13.8 Å². The summed E-state index contributed by atoms with van der Waals surface area (Å²) in [5, 5.41) is 7.61. The molecule has 0 aromatic heterocycles. The van der Waals surface area contributed by atoms with E-state index in [2.05, 4.69) is 0 Å². The summed E-state index contributed by atoms with van der Waals surface area (Å²) in [4.78, 5) is 10.3. The largest absolute Gasteiger partial charge is 0.305 e. The Labute approximate surface area is 71.1 Å². The van der Waals surface area contributed by atoms with Crippen LogP contribution >= 0.6 is 11.6 Å². The van der Waals surface area contributed by atoms with Crippen LogP contribution < -0.4 is 0 Å². The number of hydrogen-bond donors (Lipinski definition) is 1. The quantitative estimate of drug-likeness (QED) is 0.301. The van der Waals surface area contributed by atoms with Crippen LogP contribution in [-0.2, 0) is 4.79 Å². The summed E-state index contributed by atoms with van der Waals surface area (Å²) in [5.41, 5.74) is 0.535. The molecule has 0 saturated carbocycles. The van der Waals surface area contributed by atoms with Crippen LogP contribution in [0.3, 0.4) is 0 Å². The molecule has 0 aliphatic rings. The number of aldehydes is 1. The van der Waals surface area contributed by atoms with Crippen molar-refractivity contribution in [2.24, 2.45) is 0 Å². The van der Waals surface area contributed by atoms with Crippen LogP contribution in [0.2, 0.25) is 0 Å². The van der Waals surface area contributed by atoms with Gasteiger partial charge in [0.25, 0.3) is 0 Å². The molecular weight excluding hydrogens is 162 g/mol. The molecule has 0 aromatic carbocycles. The molecule has 0 aliphatic carbocycles. The Morgan fingerprint density at radius 3 is 2.36 bits per heavy atom. The van der Waals surface area contributed by atoms with Crippen LogP contribution in [0.25, 0.3) is 0 Å². The van der Waals surface area contributed by atoms with Crippen molar-refractivity contribution in [3.05, 3.63) is 22.8 Å². The van der Waals surface area contributed by atoms with Crippen LogP contribution in [0.4, 0.5) is 0 Å². The van der Waals surface area contributed by atoms with Gasteiger partial charge in [-0.05, 0) is 19.9 Å². The lowest BCUT2D eigenvalue weighted by molar-refractivity contribution is -0.104. The normalized spacial score (nSPS) is 13.0. The SMILES string of the molecule is C/C=C(Cl)\C=C(\C=O)C(C)=N. The highest BCUT2D eigenvalue weighted by Crippen LogP contribution is 2.06. The van der Waals surface area contributed by atoms with Crippen LogP contribution in [0.5, 0.6) is 0 Å². The maximum Gasteiger partial charge on any atom is 0.151 e. The minimum atomic E-state index is 0.222. The zero-order valence-corrected chi connectivity index (χ0v) is 7.27. The predicted molar refractivity (Wildman–Crippen MR) is 47.2 cm³/mol. The van der Waals surface area contributed by atoms with Gasteiger partial charge in [0.05, 0.1) is 0 Å². The van der Waals surface area contributed by atoms with Gasteiger partial charge < -0.3 is 5.41 Å². The third-order valence-electron chi connectivity index (χ3n) is 1.13. The molecule has 0 spiro atoms. The van der Waals surface area contributed by atoms with Gasteiger partial charge in [0, 0.05) is 16.3 Å². The number of halogens is 1. The fraction of sp³-hybridized carbons (Fsp3) is 0.250. The van der Waals surface area contributed by atoms with Gasteiger partial charge >= 0.3 is 0 Å². The van der Waals surface area contributed by atoms with Gasteiger partial charge in [-0.25, -0.2) is 0 Å². The van der Waals surface area contributed by atoms with E-state index in [9.17, 15) is 4.79 Å². The molecule has 0 aromatic rings. The summed E-state index contributed by atoms with van der Waals surface area (Å²) < 4.78 is 0. The zero-order valence-electron chi connectivity index (χ0n) is 6.52. The Bertz CT molecular complexity index is 228. The Morgan fingerprint density at radius 2 is 2.09 bits per heavy atom. The first-order valence-corrected chi connectivity index (χ1v) is 3.53. The number of carbonyl (C=O) groups excluding carboxylic acids is 1. The van der Waals surface area contributed by atoms with Crippen molar-refractivity contribution < 1.29 is 4.79 Å². The van der Waals surface area contributed by atoms with E-state index in [-0.39, 0.29) is 5.71 Å². The van der Waals surface area contributed by atoms with Crippen molar-refractivity contribution in [3.63, 3.8) is 0 Å². The molecule has 0 rings (SSSR count). The summed E-state index contributed by atoms with van der Waals surface area (Å²) in [6.45, 7) is 3.31. The van der Waals surface area contributed by atoms with Crippen molar-refractivity contribution >= 4 is 23.6 Å². The molecule has 1 N–H and O–H groups in total. The van der Waals surface area contributed by atoms with Gasteiger partial charge in [-0.1, -0.05) is 17.7 Å². The van der Waals surface area contributed by atoms with E-state index in [0.717, 1.165) is 0 Å². The molecule has 2 nitrogen and oxygen atoms in total. The van der Waals surface area contributed by atoms with E-state index in [1.807, 2.05) is 0 Å². The van der Waals surface area contributed by atoms with E-state index in [1.165, 1.54) is 6.08 Å². The highest BCUT2D eigenvalue weighted by atomic mass is 35.5. The molecular formula is C8H10ClNO.